The summed E-state index contributed by atoms with van der Waals surface area (Å²) in [6.45, 7) is 3.40. The molecule has 8 nitrogen and oxygen atoms in total. The fraction of sp³-hybridized carbons (Fsp3) is 0.278. The third-order valence-corrected chi connectivity index (χ3v) is 4.49. The van der Waals surface area contributed by atoms with Crippen molar-refractivity contribution in [1.82, 2.24) is 4.57 Å². The predicted octanol–water partition coefficient (Wildman–Crippen LogP) is 3.33. The summed E-state index contributed by atoms with van der Waals surface area (Å²) < 4.78 is 0.979. The molecule has 0 amide bonds. The van der Waals surface area contributed by atoms with Crippen LogP contribution in [0, 0.1) is 28.4 Å². The summed E-state index contributed by atoms with van der Waals surface area (Å²) in [4.78, 5) is 35.7. The quantitative estimate of drug-likeness (QED) is 0.458. The van der Waals surface area contributed by atoms with E-state index in [4.69, 9.17) is 11.6 Å². The van der Waals surface area contributed by atoms with Crippen LogP contribution in [0.5, 0.6) is 5.88 Å². The Balaban J connectivity index is 2.73. The molecule has 0 saturated carbocycles. The van der Waals surface area contributed by atoms with Crippen LogP contribution in [0.15, 0.2) is 23.0 Å². The molecule has 2 aromatic rings. The Morgan fingerprint density at radius 2 is 2.11 bits per heavy atom. The molecule has 1 aromatic heterocycles. The van der Waals surface area contributed by atoms with Crippen molar-refractivity contribution in [3.8, 4) is 11.9 Å². The van der Waals surface area contributed by atoms with E-state index in [9.17, 15) is 30.1 Å². The number of carbonyl (C=O) groups excluding carboxylic acids is 1. The highest BCUT2D eigenvalue weighted by Crippen LogP contribution is 2.29. The van der Waals surface area contributed by atoms with Gasteiger partial charge in [-0.2, -0.15) is 5.26 Å². The van der Waals surface area contributed by atoms with Crippen LogP contribution in [0.1, 0.15) is 46.8 Å². The van der Waals surface area contributed by atoms with Crippen molar-refractivity contribution in [2.24, 2.45) is 0 Å². The van der Waals surface area contributed by atoms with Crippen LogP contribution >= 0.6 is 11.6 Å². The number of hydrogen-bond donors (Lipinski definition) is 1. The lowest BCUT2D eigenvalue weighted by atomic mass is 9.97. The molecule has 0 saturated heterocycles. The van der Waals surface area contributed by atoms with Crippen molar-refractivity contribution in [2.45, 2.75) is 33.2 Å². The smallest absolute Gasteiger partial charge is 0.288 e. The molecule has 0 aliphatic carbocycles. The first kappa shape index (κ1) is 20.1. The van der Waals surface area contributed by atoms with Gasteiger partial charge in [0, 0.05) is 18.2 Å². The summed E-state index contributed by atoms with van der Waals surface area (Å²) in [6.07, 6.45) is 1.29. The number of ketones is 1. The Hall–Kier alpha value is -3.18. The maximum absolute atomic E-state index is 12.9. The van der Waals surface area contributed by atoms with Gasteiger partial charge in [-0.1, -0.05) is 24.9 Å². The van der Waals surface area contributed by atoms with Gasteiger partial charge >= 0.3 is 0 Å². The number of halogens is 1. The van der Waals surface area contributed by atoms with Crippen molar-refractivity contribution in [3.63, 3.8) is 0 Å². The van der Waals surface area contributed by atoms with Crippen molar-refractivity contribution >= 4 is 23.1 Å². The number of nitriles is 1. The Morgan fingerprint density at radius 3 is 2.67 bits per heavy atom. The molecule has 1 N–H and O–H groups in total. The zero-order valence-corrected chi connectivity index (χ0v) is 15.4. The standard InChI is InChI=1S/C18H16ClN3O5/c1-3-4-7-21-17(24)12(9-20)10(2)15(18(21)25)16(23)11-5-6-13(19)14(8-11)22(26)27/h5-6,8,25H,3-4,7H2,1-2H3. The van der Waals surface area contributed by atoms with E-state index in [0.717, 1.165) is 17.1 Å². The third-order valence-electron chi connectivity index (χ3n) is 4.17. The van der Waals surface area contributed by atoms with E-state index in [1.807, 2.05) is 6.92 Å². The highest BCUT2D eigenvalue weighted by Gasteiger charge is 2.26. The van der Waals surface area contributed by atoms with Crippen molar-refractivity contribution in [1.29, 1.82) is 5.26 Å². The molecule has 9 heteroatoms. The number of carbonyl (C=O) groups is 1. The number of nitrogens with zero attached hydrogens (tertiary/aromatic N) is 3. The van der Waals surface area contributed by atoms with Gasteiger partial charge < -0.3 is 5.11 Å². The lowest BCUT2D eigenvalue weighted by Crippen LogP contribution is -2.26. The third kappa shape index (κ3) is 3.68. The Morgan fingerprint density at radius 1 is 1.44 bits per heavy atom. The minimum Gasteiger partial charge on any atom is -0.494 e. The van der Waals surface area contributed by atoms with Gasteiger partial charge in [0.1, 0.15) is 16.7 Å². The van der Waals surface area contributed by atoms with E-state index in [1.54, 1.807) is 6.07 Å². The molecule has 1 aromatic carbocycles. The first-order valence-electron chi connectivity index (χ1n) is 8.09. The Kier molecular flexibility index (Phi) is 5.98. The first-order chi connectivity index (χ1) is 12.7. The van der Waals surface area contributed by atoms with E-state index < -0.39 is 27.8 Å². The number of aromatic nitrogens is 1. The molecular weight excluding hydrogens is 374 g/mol. The summed E-state index contributed by atoms with van der Waals surface area (Å²) in [5.41, 5.74) is -1.70. The van der Waals surface area contributed by atoms with Crippen LogP contribution in [0.2, 0.25) is 5.02 Å². The van der Waals surface area contributed by atoms with Gasteiger partial charge in [0.2, 0.25) is 5.88 Å². The number of benzene rings is 1. The second kappa shape index (κ2) is 8.01. The molecule has 0 aliphatic heterocycles. The van der Waals surface area contributed by atoms with Gasteiger partial charge in [-0.3, -0.25) is 24.3 Å². The normalized spacial score (nSPS) is 10.4. The van der Waals surface area contributed by atoms with E-state index in [1.165, 1.54) is 19.1 Å². The molecule has 2 rings (SSSR count). The van der Waals surface area contributed by atoms with Crippen molar-refractivity contribution in [2.75, 3.05) is 0 Å². The SMILES string of the molecule is CCCCn1c(O)c(C(=O)c2ccc(Cl)c([N+](=O)[O-])c2)c(C)c(C#N)c1=O. The van der Waals surface area contributed by atoms with Gasteiger partial charge in [-0.15, -0.1) is 0 Å². The van der Waals surface area contributed by atoms with Gasteiger partial charge in [0.15, 0.2) is 5.78 Å². The predicted molar refractivity (Wildman–Crippen MR) is 98.3 cm³/mol. The minimum absolute atomic E-state index is 0.0235. The maximum atomic E-state index is 12.9. The van der Waals surface area contributed by atoms with E-state index >= 15 is 0 Å². The van der Waals surface area contributed by atoms with Crippen LogP contribution in [0.3, 0.4) is 0 Å². The number of nitro benzene ring substituents is 1. The van der Waals surface area contributed by atoms with Crippen LogP contribution in [0.4, 0.5) is 5.69 Å². The summed E-state index contributed by atoms with van der Waals surface area (Å²) in [6, 6.07) is 5.25. The second-order valence-electron chi connectivity index (χ2n) is 5.87. The second-order valence-corrected chi connectivity index (χ2v) is 6.28. The molecule has 27 heavy (non-hydrogen) atoms. The van der Waals surface area contributed by atoms with Gasteiger partial charge in [0.05, 0.1) is 10.5 Å². The van der Waals surface area contributed by atoms with Crippen molar-refractivity contribution in [3.05, 3.63) is 65.9 Å². The van der Waals surface area contributed by atoms with Gasteiger partial charge in [0.25, 0.3) is 11.2 Å². The number of hydrogen-bond acceptors (Lipinski definition) is 6. The summed E-state index contributed by atoms with van der Waals surface area (Å²) in [5.74, 6) is -1.31. The minimum atomic E-state index is -0.744. The van der Waals surface area contributed by atoms with Crippen LogP contribution in [-0.2, 0) is 6.54 Å². The molecule has 0 aliphatic rings. The lowest BCUT2D eigenvalue weighted by molar-refractivity contribution is -0.384. The molecular formula is C18H16ClN3O5. The topological polar surface area (TPSA) is 126 Å². The van der Waals surface area contributed by atoms with E-state index in [-0.39, 0.29) is 33.8 Å². The number of rotatable bonds is 6. The monoisotopic (exact) mass is 389 g/mol. The van der Waals surface area contributed by atoms with Crippen LogP contribution in [-0.4, -0.2) is 20.4 Å². The van der Waals surface area contributed by atoms with E-state index in [2.05, 4.69) is 0 Å². The Labute approximate surface area is 159 Å². The largest absolute Gasteiger partial charge is 0.494 e. The molecule has 0 unspecified atom stereocenters. The van der Waals surface area contributed by atoms with Gasteiger partial charge in [-0.05, 0) is 31.0 Å². The molecule has 1 heterocycles. The molecule has 0 spiro atoms. The van der Waals surface area contributed by atoms with Crippen LogP contribution < -0.4 is 5.56 Å². The first-order valence-corrected chi connectivity index (χ1v) is 8.47. The molecule has 0 radical (unpaired) electrons. The van der Waals surface area contributed by atoms with Crippen LogP contribution in [0.25, 0.3) is 0 Å². The fourth-order valence-electron chi connectivity index (χ4n) is 2.68. The molecule has 0 fully saturated rings. The number of aromatic hydroxyl groups is 1. The maximum Gasteiger partial charge on any atom is 0.288 e. The molecule has 0 atom stereocenters. The highest BCUT2D eigenvalue weighted by atomic mass is 35.5. The van der Waals surface area contributed by atoms with Gasteiger partial charge in [-0.25, -0.2) is 0 Å². The average Bonchev–Trinajstić information content (AvgIpc) is 2.62. The zero-order valence-electron chi connectivity index (χ0n) is 14.7. The highest BCUT2D eigenvalue weighted by molar-refractivity contribution is 6.32. The van der Waals surface area contributed by atoms with E-state index in [0.29, 0.717) is 6.42 Å². The molecule has 0 bridgehead atoms. The number of pyridine rings is 1. The zero-order chi connectivity index (χ0) is 20.3. The number of unbranched alkanes of at least 4 members (excludes halogenated alkanes) is 1. The number of nitro groups is 1. The molecule has 140 valence electrons. The average molecular weight is 390 g/mol. The summed E-state index contributed by atoms with van der Waals surface area (Å²) >= 11 is 5.76. The lowest BCUT2D eigenvalue weighted by Gasteiger charge is -2.15. The fourth-order valence-corrected chi connectivity index (χ4v) is 2.87. The Bertz CT molecular complexity index is 1040. The summed E-state index contributed by atoms with van der Waals surface area (Å²) in [7, 11) is 0. The summed E-state index contributed by atoms with van der Waals surface area (Å²) in [5, 5.41) is 30.8. The van der Waals surface area contributed by atoms with Crippen molar-refractivity contribution < 1.29 is 14.8 Å².